The number of aliphatic imine (C=N–C) groups is 1. The molecule has 0 N–H and O–H groups in total. The zero-order chi connectivity index (χ0) is 23.5. The van der Waals surface area contributed by atoms with Gasteiger partial charge in [0.1, 0.15) is 12.1 Å². The van der Waals surface area contributed by atoms with Crippen molar-refractivity contribution in [2.45, 2.75) is 70.6 Å². The Bertz CT molecular complexity index is 872. The summed E-state index contributed by atoms with van der Waals surface area (Å²) in [7, 11) is 1.79. The van der Waals surface area contributed by atoms with E-state index in [0.717, 1.165) is 18.4 Å². The van der Waals surface area contributed by atoms with Crippen molar-refractivity contribution >= 4 is 29.5 Å². The number of nitrogens with zero attached hydrogens (tertiary/aromatic N) is 3. The third-order valence-corrected chi connectivity index (χ3v) is 6.46. The van der Waals surface area contributed by atoms with E-state index >= 15 is 0 Å². The van der Waals surface area contributed by atoms with Crippen LogP contribution in [0.25, 0.3) is 0 Å². The predicted octanol–water partition coefficient (Wildman–Crippen LogP) is 4.62. The third-order valence-electron chi connectivity index (χ3n) is 6.22. The molecule has 1 heterocycles. The summed E-state index contributed by atoms with van der Waals surface area (Å²) >= 11 is 6.32. The highest BCUT2D eigenvalue weighted by Gasteiger charge is 2.45. The largest absolute Gasteiger partial charge is 0.480 e. The lowest BCUT2D eigenvalue weighted by Gasteiger charge is -2.48. The molecule has 0 saturated heterocycles. The Hall–Kier alpha value is -2.28. The fourth-order valence-corrected chi connectivity index (χ4v) is 4.80. The van der Waals surface area contributed by atoms with Crippen molar-refractivity contribution in [1.29, 1.82) is 0 Å². The second kappa shape index (κ2) is 9.69. The summed E-state index contributed by atoms with van der Waals surface area (Å²) < 4.78 is 11.3. The van der Waals surface area contributed by atoms with Gasteiger partial charge in [-0.2, -0.15) is 0 Å². The van der Waals surface area contributed by atoms with Gasteiger partial charge in [-0.1, -0.05) is 23.7 Å². The second-order valence-corrected chi connectivity index (χ2v) is 9.91. The molecule has 0 spiro atoms. The lowest BCUT2D eigenvalue weighted by atomic mass is 9.73. The molecular weight excluding hydrogens is 430 g/mol. The first-order chi connectivity index (χ1) is 15.1. The highest BCUT2D eigenvalue weighted by Crippen LogP contribution is 2.44. The topological polar surface area (TPSA) is 71.4 Å². The Labute approximate surface area is 195 Å². The van der Waals surface area contributed by atoms with Crippen LogP contribution in [0, 0.1) is 0 Å². The predicted molar refractivity (Wildman–Crippen MR) is 125 cm³/mol. The zero-order valence-corrected chi connectivity index (χ0v) is 20.4. The number of rotatable bonds is 4. The third kappa shape index (κ3) is 5.37. The number of hydrogen-bond acceptors (Lipinski definition) is 5. The molecule has 2 aliphatic rings. The maximum Gasteiger partial charge on any atom is 0.410 e. The van der Waals surface area contributed by atoms with Crippen molar-refractivity contribution in [3.63, 3.8) is 0 Å². The molecule has 1 saturated carbocycles. The average molecular weight is 464 g/mol. The minimum Gasteiger partial charge on any atom is -0.480 e. The fraction of sp³-hybridized carbons (Fsp3) is 0.625. The number of amides is 2. The Morgan fingerprint density at radius 2 is 2.00 bits per heavy atom. The summed E-state index contributed by atoms with van der Waals surface area (Å²) in [6, 6.07) is 7.76. The van der Waals surface area contributed by atoms with E-state index in [-0.39, 0.29) is 24.6 Å². The number of carbonyl (C=O) groups excluding carboxylic acids is 2. The second-order valence-electron chi connectivity index (χ2n) is 9.48. The van der Waals surface area contributed by atoms with Gasteiger partial charge in [-0.3, -0.25) is 4.79 Å². The first kappa shape index (κ1) is 24.4. The molecule has 3 rings (SSSR count). The Morgan fingerprint density at radius 1 is 1.31 bits per heavy atom. The van der Waals surface area contributed by atoms with Gasteiger partial charge in [0, 0.05) is 18.1 Å². The van der Waals surface area contributed by atoms with E-state index in [4.69, 9.17) is 21.1 Å². The Morgan fingerprint density at radius 3 is 2.59 bits per heavy atom. The number of halogens is 1. The van der Waals surface area contributed by atoms with Crippen molar-refractivity contribution < 1.29 is 19.1 Å². The number of benzene rings is 1. The molecule has 0 radical (unpaired) electrons. The van der Waals surface area contributed by atoms with E-state index in [0.29, 0.717) is 36.9 Å². The molecule has 0 unspecified atom stereocenters. The van der Waals surface area contributed by atoms with Gasteiger partial charge < -0.3 is 19.3 Å². The lowest BCUT2D eigenvalue weighted by molar-refractivity contribution is -0.133. The molecule has 1 aliphatic heterocycles. The molecule has 176 valence electrons. The highest BCUT2D eigenvalue weighted by molar-refractivity contribution is 6.30. The van der Waals surface area contributed by atoms with Crippen LogP contribution in [0.2, 0.25) is 5.02 Å². The fourth-order valence-electron chi connectivity index (χ4n) is 4.61. The number of carbonyl (C=O) groups is 2. The van der Waals surface area contributed by atoms with Gasteiger partial charge in [-0.15, -0.1) is 0 Å². The molecule has 0 atom stereocenters. The summed E-state index contributed by atoms with van der Waals surface area (Å²) in [5.74, 6) is 0.638. The van der Waals surface area contributed by atoms with Crippen LogP contribution in [0.5, 0.6) is 0 Å². The van der Waals surface area contributed by atoms with Crippen LogP contribution in [0.1, 0.15) is 58.9 Å². The van der Waals surface area contributed by atoms with Gasteiger partial charge in [0.25, 0.3) is 0 Å². The van der Waals surface area contributed by atoms with Crippen LogP contribution in [0.3, 0.4) is 0 Å². The van der Waals surface area contributed by atoms with Crippen molar-refractivity contribution in [1.82, 2.24) is 9.80 Å². The quantitative estimate of drug-likeness (QED) is 0.653. The van der Waals surface area contributed by atoms with Crippen LogP contribution < -0.4 is 0 Å². The van der Waals surface area contributed by atoms with Gasteiger partial charge in [-0.05, 0) is 71.1 Å². The minimum absolute atomic E-state index is 0.0224. The monoisotopic (exact) mass is 463 g/mol. The first-order valence-electron chi connectivity index (χ1n) is 11.2. The Kier molecular flexibility index (Phi) is 7.38. The smallest absolute Gasteiger partial charge is 0.410 e. The molecular formula is C24H34ClN3O4. The summed E-state index contributed by atoms with van der Waals surface area (Å²) in [4.78, 5) is 33.5. The van der Waals surface area contributed by atoms with Gasteiger partial charge in [0.2, 0.25) is 11.8 Å². The van der Waals surface area contributed by atoms with E-state index in [1.807, 2.05) is 56.9 Å². The minimum atomic E-state index is -0.590. The van der Waals surface area contributed by atoms with Crippen molar-refractivity contribution in [2.75, 3.05) is 26.7 Å². The van der Waals surface area contributed by atoms with Gasteiger partial charge in [0.05, 0.1) is 18.7 Å². The van der Waals surface area contributed by atoms with E-state index in [9.17, 15) is 9.59 Å². The zero-order valence-electron chi connectivity index (χ0n) is 19.7. The number of hydrogen-bond donors (Lipinski definition) is 0. The molecule has 7 nitrogen and oxygen atoms in total. The van der Waals surface area contributed by atoms with Crippen molar-refractivity contribution in [2.24, 2.45) is 4.99 Å². The molecule has 2 amide bonds. The standard InChI is InChI=1S/C24H34ClN3O4/c1-6-31-20-16-28(21(29)15-26-20)19-10-12-24(13-11-19,17-8-7-9-18(25)14-17)27(5)22(30)32-23(2,3)4/h7-9,14,19H,6,10-13,15-16H2,1-5H3. The van der Waals surface area contributed by atoms with E-state index in [1.165, 1.54) is 0 Å². The van der Waals surface area contributed by atoms with Crippen LogP contribution in [0.15, 0.2) is 29.3 Å². The summed E-state index contributed by atoms with van der Waals surface area (Å²) in [6.07, 6.45) is 2.53. The van der Waals surface area contributed by atoms with Crippen molar-refractivity contribution in [3.8, 4) is 0 Å². The summed E-state index contributed by atoms with van der Waals surface area (Å²) in [5.41, 5.74) is -0.162. The molecule has 1 aliphatic carbocycles. The number of ether oxygens (including phenoxy) is 2. The molecule has 1 aromatic rings. The molecule has 1 fully saturated rings. The highest BCUT2D eigenvalue weighted by atomic mass is 35.5. The van der Waals surface area contributed by atoms with Gasteiger partial charge in [0.15, 0.2) is 0 Å². The van der Waals surface area contributed by atoms with Crippen molar-refractivity contribution in [3.05, 3.63) is 34.9 Å². The molecule has 8 heteroatoms. The van der Waals surface area contributed by atoms with Crippen LogP contribution in [-0.2, 0) is 19.8 Å². The summed E-state index contributed by atoms with van der Waals surface area (Å²) in [5, 5.41) is 0.630. The van der Waals surface area contributed by atoms with Gasteiger partial charge in [-0.25, -0.2) is 9.79 Å². The molecule has 0 bridgehead atoms. The SMILES string of the molecule is CCOC1=NCC(=O)N(C2CCC(c3cccc(Cl)c3)(N(C)C(=O)OC(C)(C)C)CC2)C1. The first-order valence-corrected chi connectivity index (χ1v) is 11.6. The maximum atomic E-state index is 13.0. The van der Waals surface area contributed by atoms with Gasteiger partial charge >= 0.3 is 6.09 Å². The van der Waals surface area contributed by atoms with E-state index in [1.54, 1.807) is 11.9 Å². The molecule has 0 aromatic heterocycles. The molecule has 1 aromatic carbocycles. The Balaban J connectivity index is 1.84. The summed E-state index contributed by atoms with van der Waals surface area (Å²) in [6.45, 7) is 8.57. The van der Waals surface area contributed by atoms with Crippen LogP contribution >= 0.6 is 11.6 Å². The van der Waals surface area contributed by atoms with E-state index < -0.39 is 11.1 Å². The average Bonchev–Trinajstić information content (AvgIpc) is 2.73. The lowest BCUT2D eigenvalue weighted by Crippen LogP contribution is -2.55. The normalized spacial score (nSPS) is 24.1. The van der Waals surface area contributed by atoms with Crippen LogP contribution in [-0.4, -0.2) is 66.1 Å². The maximum absolute atomic E-state index is 13.0. The van der Waals surface area contributed by atoms with E-state index in [2.05, 4.69) is 4.99 Å². The van der Waals surface area contributed by atoms with Crippen LogP contribution in [0.4, 0.5) is 4.79 Å². The molecule has 32 heavy (non-hydrogen) atoms.